The summed E-state index contributed by atoms with van der Waals surface area (Å²) in [5.74, 6) is 2.06. The molecule has 1 aromatic rings. The van der Waals surface area contributed by atoms with Crippen molar-refractivity contribution in [1.29, 1.82) is 0 Å². The third kappa shape index (κ3) is 4.51. The van der Waals surface area contributed by atoms with E-state index in [2.05, 4.69) is 45.9 Å². The summed E-state index contributed by atoms with van der Waals surface area (Å²) in [6, 6.07) is 0.413. The normalized spacial score (nSPS) is 12.1. The number of nitrogens with zero attached hydrogens (tertiary/aromatic N) is 5. The molecule has 0 saturated heterocycles. The molecule has 1 heterocycles. The summed E-state index contributed by atoms with van der Waals surface area (Å²) in [4.78, 5) is 17.5. The predicted octanol–water partition coefficient (Wildman–Crippen LogP) is 2.38. The predicted molar refractivity (Wildman–Crippen MR) is 85.7 cm³/mol. The van der Waals surface area contributed by atoms with Crippen LogP contribution in [-0.4, -0.2) is 48.7 Å². The van der Waals surface area contributed by atoms with E-state index in [0.29, 0.717) is 17.9 Å². The van der Waals surface area contributed by atoms with Gasteiger partial charge in [0.1, 0.15) is 0 Å². The second kappa shape index (κ2) is 7.87. The van der Waals surface area contributed by atoms with Crippen LogP contribution >= 0.6 is 0 Å². The lowest BCUT2D eigenvalue weighted by Crippen LogP contribution is -2.31. The quantitative estimate of drug-likeness (QED) is 0.789. The fraction of sp³-hybridized carbons (Fsp3) is 0.786. The maximum absolute atomic E-state index is 4.53. The van der Waals surface area contributed by atoms with Crippen molar-refractivity contribution < 1.29 is 0 Å². The van der Waals surface area contributed by atoms with E-state index in [1.807, 2.05) is 26.0 Å². The molecule has 6 heteroatoms. The van der Waals surface area contributed by atoms with Gasteiger partial charge < -0.3 is 15.1 Å². The molecule has 1 aromatic heterocycles. The van der Waals surface area contributed by atoms with Gasteiger partial charge >= 0.3 is 0 Å². The first-order valence-electron chi connectivity index (χ1n) is 7.39. The van der Waals surface area contributed by atoms with Crippen LogP contribution in [0.25, 0.3) is 0 Å². The van der Waals surface area contributed by atoms with E-state index in [0.717, 1.165) is 31.8 Å². The number of anilines is 3. The lowest BCUT2D eigenvalue weighted by molar-refractivity contribution is 0.604. The average Bonchev–Trinajstić information content (AvgIpc) is 2.44. The van der Waals surface area contributed by atoms with Crippen LogP contribution < -0.4 is 15.1 Å². The summed E-state index contributed by atoms with van der Waals surface area (Å²) in [5.41, 5.74) is 0. The third-order valence-corrected chi connectivity index (χ3v) is 3.23. The smallest absolute Gasteiger partial charge is 0.231 e. The van der Waals surface area contributed by atoms with E-state index in [4.69, 9.17) is 0 Å². The van der Waals surface area contributed by atoms with Gasteiger partial charge in [-0.2, -0.15) is 15.0 Å². The number of hydrogen-bond acceptors (Lipinski definition) is 6. The van der Waals surface area contributed by atoms with Crippen molar-refractivity contribution in [2.75, 3.05) is 42.8 Å². The Morgan fingerprint density at radius 2 is 1.65 bits per heavy atom. The van der Waals surface area contributed by atoms with Crippen molar-refractivity contribution >= 4 is 17.8 Å². The Kier molecular flexibility index (Phi) is 6.48. The van der Waals surface area contributed by atoms with E-state index < -0.39 is 0 Å². The minimum absolute atomic E-state index is 0.413. The SMILES string of the molecule is CCCNc1nc(N(C)C)nc(N(C)C(C)CCC)n1. The number of hydrogen-bond donors (Lipinski definition) is 1. The first-order chi connectivity index (χ1) is 9.49. The number of aromatic nitrogens is 3. The van der Waals surface area contributed by atoms with Crippen LogP contribution in [0.4, 0.5) is 17.8 Å². The van der Waals surface area contributed by atoms with Crippen LogP contribution in [0.2, 0.25) is 0 Å². The summed E-state index contributed by atoms with van der Waals surface area (Å²) in [5, 5.41) is 3.24. The second-order valence-corrected chi connectivity index (χ2v) is 5.33. The Balaban J connectivity index is 3.01. The molecule has 0 radical (unpaired) electrons. The van der Waals surface area contributed by atoms with Crippen LogP contribution in [0.1, 0.15) is 40.0 Å². The Labute approximate surface area is 122 Å². The summed E-state index contributed by atoms with van der Waals surface area (Å²) >= 11 is 0. The molecule has 20 heavy (non-hydrogen) atoms. The average molecular weight is 280 g/mol. The van der Waals surface area contributed by atoms with Gasteiger partial charge in [0.25, 0.3) is 0 Å². The van der Waals surface area contributed by atoms with E-state index in [9.17, 15) is 0 Å². The molecule has 0 aromatic carbocycles. The molecule has 0 amide bonds. The molecule has 0 saturated carbocycles. The van der Waals surface area contributed by atoms with E-state index in [1.54, 1.807) is 0 Å². The molecule has 1 unspecified atom stereocenters. The first-order valence-corrected chi connectivity index (χ1v) is 7.39. The lowest BCUT2D eigenvalue weighted by Gasteiger charge is -2.25. The summed E-state index contributed by atoms with van der Waals surface area (Å²) in [6.07, 6.45) is 3.32. The second-order valence-electron chi connectivity index (χ2n) is 5.33. The Hall–Kier alpha value is -1.59. The van der Waals surface area contributed by atoms with Crippen molar-refractivity contribution in [2.24, 2.45) is 0 Å². The number of nitrogens with one attached hydrogen (secondary N) is 1. The Bertz CT molecular complexity index is 407. The van der Waals surface area contributed by atoms with Gasteiger partial charge in [0, 0.05) is 33.7 Å². The molecule has 114 valence electrons. The van der Waals surface area contributed by atoms with Crippen molar-refractivity contribution in [3.8, 4) is 0 Å². The van der Waals surface area contributed by atoms with Gasteiger partial charge in [-0.05, 0) is 19.8 Å². The Morgan fingerprint density at radius 1 is 1.00 bits per heavy atom. The van der Waals surface area contributed by atoms with Gasteiger partial charge in [0.2, 0.25) is 17.8 Å². The van der Waals surface area contributed by atoms with Gasteiger partial charge in [-0.3, -0.25) is 0 Å². The van der Waals surface area contributed by atoms with Crippen LogP contribution in [0.3, 0.4) is 0 Å². The minimum atomic E-state index is 0.413. The zero-order valence-electron chi connectivity index (χ0n) is 13.6. The molecule has 0 spiro atoms. The largest absolute Gasteiger partial charge is 0.354 e. The molecule has 0 bridgehead atoms. The maximum Gasteiger partial charge on any atom is 0.231 e. The van der Waals surface area contributed by atoms with Gasteiger partial charge in [-0.15, -0.1) is 0 Å². The van der Waals surface area contributed by atoms with Crippen molar-refractivity contribution in [3.63, 3.8) is 0 Å². The minimum Gasteiger partial charge on any atom is -0.354 e. The van der Waals surface area contributed by atoms with Gasteiger partial charge in [0.05, 0.1) is 0 Å². The van der Waals surface area contributed by atoms with Gasteiger partial charge in [0.15, 0.2) is 0 Å². The highest BCUT2D eigenvalue weighted by Crippen LogP contribution is 2.17. The first kappa shape index (κ1) is 16.5. The van der Waals surface area contributed by atoms with E-state index >= 15 is 0 Å². The molecular formula is C14H28N6. The summed E-state index contributed by atoms with van der Waals surface area (Å²) < 4.78 is 0. The molecular weight excluding hydrogens is 252 g/mol. The van der Waals surface area contributed by atoms with Gasteiger partial charge in [-0.1, -0.05) is 20.3 Å². The molecule has 1 rings (SSSR count). The van der Waals surface area contributed by atoms with Crippen molar-refractivity contribution in [3.05, 3.63) is 0 Å². The van der Waals surface area contributed by atoms with Gasteiger partial charge in [-0.25, -0.2) is 0 Å². The zero-order valence-corrected chi connectivity index (χ0v) is 13.6. The summed E-state index contributed by atoms with van der Waals surface area (Å²) in [6.45, 7) is 7.38. The molecule has 0 aliphatic carbocycles. The molecule has 0 fully saturated rings. The topological polar surface area (TPSA) is 57.2 Å². The van der Waals surface area contributed by atoms with Crippen molar-refractivity contribution in [1.82, 2.24) is 15.0 Å². The van der Waals surface area contributed by atoms with E-state index in [-0.39, 0.29) is 0 Å². The monoisotopic (exact) mass is 280 g/mol. The lowest BCUT2D eigenvalue weighted by atomic mass is 10.2. The third-order valence-electron chi connectivity index (χ3n) is 3.23. The molecule has 0 aliphatic rings. The van der Waals surface area contributed by atoms with E-state index in [1.165, 1.54) is 0 Å². The number of rotatable bonds is 8. The van der Waals surface area contributed by atoms with Crippen LogP contribution in [-0.2, 0) is 0 Å². The highest BCUT2D eigenvalue weighted by Gasteiger charge is 2.15. The highest BCUT2D eigenvalue weighted by atomic mass is 15.3. The maximum atomic E-state index is 4.53. The highest BCUT2D eigenvalue weighted by molar-refractivity contribution is 5.44. The fourth-order valence-corrected chi connectivity index (χ4v) is 1.84. The standard InChI is InChI=1S/C14H28N6/c1-7-9-11(3)20(6)14-17-12(15-10-8-2)16-13(18-14)19(4)5/h11H,7-10H2,1-6H3,(H,15,16,17,18). The van der Waals surface area contributed by atoms with Crippen LogP contribution in [0, 0.1) is 0 Å². The van der Waals surface area contributed by atoms with Crippen LogP contribution in [0.15, 0.2) is 0 Å². The Morgan fingerprint density at radius 3 is 2.20 bits per heavy atom. The van der Waals surface area contributed by atoms with Crippen molar-refractivity contribution in [2.45, 2.75) is 46.1 Å². The molecule has 0 aliphatic heterocycles. The molecule has 1 atom stereocenters. The fourth-order valence-electron chi connectivity index (χ4n) is 1.84. The summed E-state index contributed by atoms with van der Waals surface area (Å²) in [7, 11) is 5.93. The molecule has 1 N–H and O–H groups in total. The van der Waals surface area contributed by atoms with Crippen LogP contribution in [0.5, 0.6) is 0 Å². The molecule has 6 nitrogen and oxygen atoms in total. The zero-order chi connectivity index (χ0) is 15.1.